The molecular weight excluding hydrogens is 258 g/mol. The number of hydrogen-bond acceptors (Lipinski definition) is 3. The summed E-state index contributed by atoms with van der Waals surface area (Å²) >= 11 is 0. The third kappa shape index (κ3) is 3.75. The Labute approximate surface area is 129 Å². The van der Waals surface area contributed by atoms with Crippen molar-refractivity contribution in [2.24, 2.45) is 11.3 Å². The van der Waals surface area contributed by atoms with Crippen LogP contribution in [0.15, 0.2) is 6.33 Å². The third-order valence-electron chi connectivity index (χ3n) is 4.70. The molecule has 0 spiro atoms. The lowest BCUT2D eigenvalue weighted by Gasteiger charge is -2.37. The largest absolute Gasteiger partial charge is 0.366 e. The lowest BCUT2D eigenvalue weighted by atomic mass is 9.71. The molecule has 0 unspecified atom stereocenters. The van der Waals surface area contributed by atoms with E-state index in [0.29, 0.717) is 11.5 Å². The molecule has 114 valence electrons. The molecule has 0 aliphatic heterocycles. The van der Waals surface area contributed by atoms with E-state index in [1.165, 1.54) is 25.7 Å². The first-order chi connectivity index (χ1) is 9.95. The van der Waals surface area contributed by atoms with Gasteiger partial charge in [-0.05, 0) is 43.4 Å². The molecule has 0 aromatic carbocycles. The fourth-order valence-corrected chi connectivity index (χ4v) is 3.25. The minimum Gasteiger partial charge on any atom is -0.366 e. The van der Waals surface area contributed by atoms with Crippen LogP contribution >= 0.6 is 0 Å². The second kappa shape index (κ2) is 6.47. The normalized spacial score (nSPS) is 22.6. The molecule has 0 amide bonds. The molecule has 1 aliphatic rings. The van der Waals surface area contributed by atoms with Gasteiger partial charge in [0.1, 0.15) is 12.1 Å². The van der Waals surface area contributed by atoms with E-state index in [0.717, 1.165) is 29.4 Å². The van der Waals surface area contributed by atoms with Crippen LogP contribution in [0.2, 0.25) is 0 Å². The molecule has 0 atom stereocenters. The summed E-state index contributed by atoms with van der Waals surface area (Å²) in [6, 6.07) is 0.482. The van der Waals surface area contributed by atoms with Gasteiger partial charge in [-0.2, -0.15) is 0 Å². The van der Waals surface area contributed by atoms with E-state index < -0.39 is 0 Å². The summed E-state index contributed by atoms with van der Waals surface area (Å²) in [5.41, 5.74) is 2.20. The summed E-state index contributed by atoms with van der Waals surface area (Å²) < 4.78 is 0. The van der Waals surface area contributed by atoms with Crippen LogP contribution in [0.3, 0.4) is 0 Å². The molecule has 1 heterocycles. The second-order valence-electron chi connectivity index (χ2n) is 7.10. The van der Waals surface area contributed by atoms with Crippen LogP contribution in [-0.2, 0) is 6.42 Å². The van der Waals surface area contributed by atoms with E-state index in [2.05, 4.69) is 48.9 Å². The maximum atomic E-state index is 5.64. The van der Waals surface area contributed by atoms with Gasteiger partial charge in [0.2, 0.25) is 0 Å². The van der Waals surface area contributed by atoms with Crippen LogP contribution in [0.5, 0.6) is 0 Å². The summed E-state index contributed by atoms with van der Waals surface area (Å²) in [6.07, 6.45) is 13.0. The highest BCUT2D eigenvalue weighted by molar-refractivity contribution is 5.55. The van der Waals surface area contributed by atoms with Gasteiger partial charge in [0.05, 0.1) is 11.3 Å². The Bertz CT molecular complexity index is 514. The Hall–Kier alpha value is -1.56. The number of nitrogens with one attached hydrogen (secondary N) is 1. The first kappa shape index (κ1) is 15.8. The fraction of sp³-hybridized carbons (Fsp3) is 0.667. The van der Waals surface area contributed by atoms with Crippen molar-refractivity contribution >= 4 is 5.82 Å². The van der Waals surface area contributed by atoms with E-state index >= 15 is 0 Å². The minimum atomic E-state index is 0.416. The molecule has 3 nitrogen and oxygen atoms in total. The Balaban J connectivity index is 2.03. The van der Waals surface area contributed by atoms with Gasteiger partial charge < -0.3 is 5.32 Å². The highest BCUT2D eigenvalue weighted by Crippen LogP contribution is 2.38. The van der Waals surface area contributed by atoms with Crippen LogP contribution in [0.1, 0.15) is 64.6 Å². The van der Waals surface area contributed by atoms with Gasteiger partial charge >= 0.3 is 0 Å². The Morgan fingerprint density at radius 2 is 1.90 bits per heavy atom. The Morgan fingerprint density at radius 3 is 2.43 bits per heavy atom. The number of terminal acetylenes is 1. The van der Waals surface area contributed by atoms with Gasteiger partial charge in [-0.15, -0.1) is 6.42 Å². The highest BCUT2D eigenvalue weighted by atomic mass is 15.0. The van der Waals surface area contributed by atoms with Gasteiger partial charge in [0.25, 0.3) is 0 Å². The molecule has 2 rings (SSSR count). The molecule has 1 aromatic heterocycles. The second-order valence-corrected chi connectivity index (χ2v) is 7.10. The topological polar surface area (TPSA) is 37.8 Å². The number of rotatable bonds is 3. The minimum absolute atomic E-state index is 0.416. The quantitative estimate of drug-likeness (QED) is 0.852. The zero-order chi connectivity index (χ0) is 15.5. The molecule has 1 N–H and O–H groups in total. The molecule has 3 heteroatoms. The first-order valence-electron chi connectivity index (χ1n) is 8.02. The summed E-state index contributed by atoms with van der Waals surface area (Å²) in [5.74, 6) is 4.41. The number of hydrogen-bond donors (Lipinski definition) is 1. The first-order valence-corrected chi connectivity index (χ1v) is 8.02. The highest BCUT2D eigenvalue weighted by Gasteiger charge is 2.30. The van der Waals surface area contributed by atoms with Crippen molar-refractivity contribution in [2.75, 3.05) is 5.32 Å². The average Bonchev–Trinajstić information content (AvgIpc) is 2.46. The maximum Gasteiger partial charge on any atom is 0.145 e. The Morgan fingerprint density at radius 1 is 1.24 bits per heavy atom. The predicted molar refractivity (Wildman–Crippen MR) is 88.2 cm³/mol. The predicted octanol–water partition coefficient (Wildman–Crippen LogP) is 4.04. The van der Waals surface area contributed by atoms with E-state index in [4.69, 9.17) is 6.42 Å². The monoisotopic (exact) mass is 285 g/mol. The number of nitrogens with zero attached hydrogens (tertiary/aromatic N) is 2. The molecule has 0 saturated heterocycles. The molecule has 1 fully saturated rings. The summed E-state index contributed by atoms with van der Waals surface area (Å²) in [7, 11) is 0. The average molecular weight is 285 g/mol. The van der Waals surface area contributed by atoms with Crippen LogP contribution in [0.25, 0.3) is 0 Å². The zero-order valence-electron chi connectivity index (χ0n) is 13.7. The van der Waals surface area contributed by atoms with E-state index in [9.17, 15) is 0 Å². The van der Waals surface area contributed by atoms with Crippen LogP contribution < -0.4 is 5.32 Å². The standard InChI is InChI=1S/C18H27N3/c1-6-15-16(7-2)19-12-20-17(15)21-14-10-8-13(9-11-14)18(3,4)5/h1,12-14H,7-11H2,2-5H3,(H,19,20,21). The van der Waals surface area contributed by atoms with Crippen molar-refractivity contribution in [3.05, 3.63) is 17.6 Å². The third-order valence-corrected chi connectivity index (χ3v) is 4.70. The lowest BCUT2D eigenvalue weighted by molar-refractivity contribution is 0.173. The summed E-state index contributed by atoms with van der Waals surface area (Å²) in [4.78, 5) is 8.63. The van der Waals surface area contributed by atoms with Gasteiger partial charge in [0, 0.05) is 6.04 Å². The van der Waals surface area contributed by atoms with Crippen LogP contribution in [0, 0.1) is 23.7 Å². The molecule has 21 heavy (non-hydrogen) atoms. The molecule has 1 saturated carbocycles. The number of anilines is 1. The van der Waals surface area contributed by atoms with Crippen molar-refractivity contribution in [1.82, 2.24) is 9.97 Å². The SMILES string of the molecule is C#Cc1c(CC)ncnc1NC1CCC(C(C)(C)C)CC1. The zero-order valence-corrected chi connectivity index (χ0v) is 13.7. The van der Waals surface area contributed by atoms with Gasteiger partial charge in [-0.3, -0.25) is 0 Å². The lowest BCUT2D eigenvalue weighted by Crippen LogP contribution is -2.32. The van der Waals surface area contributed by atoms with Crippen molar-refractivity contribution in [3.63, 3.8) is 0 Å². The van der Waals surface area contributed by atoms with Gasteiger partial charge in [-0.25, -0.2) is 9.97 Å². The van der Waals surface area contributed by atoms with Gasteiger partial charge in [0.15, 0.2) is 0 Å². The number of aryl methyl sites for hydroxylation is 1. The van der Waals surface area contributed by atoms with Crippen LogP contribution in [-0.4, -0.2) is 16.0 Å². The summed E-state index contributed by atoms with van der Waals surface area (Å²) in [6.45, 7) is 9.11. The number of aromatic nitrogens is 2. The maximum absolute atomic E-state index is 5.64. The van der Waals surface area contributed by atoms with Crippen molar-refractivity contribution in [2.45, 2.75) is 65.8 Å². The molecular formula is C18H27N3. The molecule has 0 radical (unpaired) electrons. The summed E-state index contributed by atoms with van der Waals surface area (Å²) in [5, 5.41) is 3.55. The molecule has 1 aromatic rings. The Kier molecular flexibility index (Phi) is 4.88. The van der Waals surface area contributed by atoms with Crippen molar-refractivity contribution in [3.8, 4) is 12.3 Å². The van der Waals surface area contributed by atoms with Gasteiger partial charge in [-0.1, -0.05) is 33.6 Å². The molecule has 0 bridgehead atoms. The molecule has 1 aliphatic carbocycles. The van der Waals surface area contributed by atoms with Crippen molar-refractivity contribution in [1.29, 1.82) is 0 Å². The van der Waals surface area contributed by atoms with Crippen molar-refractivity contribution < 1.29 is 0 Å². The van der Waals surface area contributed by atoms with Crippen LogP contribution in [0.4, 0.5) is 5.82 Å². The van der Waals surface area contributed by atoms with E-state index in [1.54, 1.807) is 6.33 Å². The smallest absolute Gasteiger partial charge is 0.145 e. The van der Waals surface area contributed by atoms with E-state index in [-0.39, 0.29) is 0 Å². The fourth-order valence-electron chi connectivity index (χ4n) is 3.25. The van der Waals surface area contributed by atoms with E-state index in [1.807, 2.05) is 0 Å².